The van der Waals surface area contributed by atoms with Crippen LogP contribution >= 0.6 is 0 Å². The highest BCUT2D eigenvalue weighted by Crippen LogP contribution is 2.23. The van der Waals surface area contributed by atoms with E-state index in [1.165, 1.54) is 0 Å². The van der Waals surface area contributed by atoms with Crippen LogP contribution in [-0.4, -0.2) is 4.98 Å². The Labute approximate surface area is 52.5 Å². The number of nitrogens with zero attached hydrogens (tertiary/aromatic N) is 3. The minimum absolute atomic E-state index is 0.664. The van der Waals surface area contributed by atoms with Gasteiger partial charge < -0.3 is 0 Å². The van der Waals surface area contributed by atoms with E-state index in [1.54, 1.807) is 6.20 Å². The van der Waals surface area contributed by atoms with Crippen molar-refractivity contribution in [2.75, 3.05) is 0 Å². The van der Waals surface area contributed by atoms with Crippen molar-refractivity contribution in [1.29, 1.82) is 0 Å². The van der Waals surface area contributed by atoms with Crippen molar-refractivity contribution in [3.05, 3.63) is 30.4 Å². The highest BCUT2D eigenvalue weighted by atomic mass is 15.2. The summed E-state index contributed by atoms with van der Waals surface area (Å²) in [7, 11) is 0. The van der Waals surface area contributed by atoms with E-state index >= 15 is 0 Å². The quantitative estimate of drug-likeness (QED) is 0.508. The zero-order chi connectivity index (χ0) is 6.10. The molecule has 2 heterocycles. The normalized spacial score (nSPS) is 13.8. The Balaban J connectivity index is 2.63. The molecule has 9 heavy (non-hydrogen) atoms. The number of hydrogen-bond acceptors (Lipinski definition) is 3. The third kappa shape index (κ3) is 0.614. The molecule has 0 unspecified atom stereocenters. The van der Waals surface area contributed by atoms with Gasteiger partial charge in [-0.2, -0.15) is 5.11 Å². The van der Waals surface area contributed by atoms with Crippen molar-refractivity contribution < 1.29 is 0 Å². The molecule has 1 aliphatic heterocycles. The number of rotatable bonds is 0. The summed E-state index contributed by atoms with van der Waals surface area (Å²) in [6, 6.07) is 3.71. The zero-order valence-corrected chi connectivity index (χ0v) is 4.57. The summed E-state index contributed by atoms with van der Waals surface area (Å²) < 4.78 is 0. The van der Waals surface area contributed by atoms with Gasteiger partial charge in [0.2, 0.25) is 0 Å². The van der Waals surface area contributed by atoms with E-state index in [9.17, 15) is 0 Å². The third-order valence-corrected chi connectivity index (χ3v) is 1.10. The third-order valence-electron chi connectivity index (χ3n) is 1.10. The molecule has 42 valence electrons. The van der Waals surface area contributed by atoms with E-state index in [4.69, 9.17) is 0 Å². The molecule has 0 aromatic carbocycles. The Morgan fingerprint density at radius 3 is 3.33 bits per heavy atom. The van der Waals surface area contributed by atoms with Gasteiger partial charge in [-0.25, -0.2) is 4.98 Å². The predicted octanol–water partition coefficient (Wildman–Crippen LogP) is 1.57. The molecular formula is C6H3N3. The van der Waals surface area contributed by atoms with E-state index < -0.39 is 0 Å². The maximum absolute atomic E-state index is 3.94. The molecule has 0 saturated heterocycles. The first kappa shape index (κ1) is 4.61. The van der Waals surface area contributed by atoms with E-state index in [0.29, 0.717) is 5.82 Å². The lowest BCUT2D eigenvalue weighted by molar-refractivity contribution is 1.20. The second-order valence-electron chi connectivity index (χ2n) is 1.69. The molecule has 1 aromatic heterocycles. The molecule has 0 bridgehead atoms. The predicted molar refractivity (Wildman–Crippen MR) is 31.1 cm³/mol. The van der Waals surface area contributed by atoms with Crippen molar-refractivity contribution in [1.82, 2.24) is 4.98 Å². The number of fused-ring (bicyclic) bond motifs is 1. The maximum atomic E-state index is 3.94. The van der Waals surface area contributed by atoms with E-state index in [0.717, 1.165) is 5.56 Å². The summed E-state index contributed by atoms with van der Waals surface area (Å²) in [6.07, 6.45) is 1.69. The van der Waals surface area contributed by atoms with Crippen LogP contribution in [0.5, 0.6) is 0 Å². The smallest absolute Gasteiger partial charge is 0.179 e. The summed E-state index contributed by atoms with van der Waals surface area (Å²) >= 11 is 0. The molecule has 0 saturated carbocycles. The van der Waals surface area contributed by atoms with Gasteiger partial charge >= 0.3 is 0 Å². The summed E-state index contributed by atoms with van der Waals surface area (Å²) in [5, 5.41) is 7.27. The van der Waals surface area contributed by atoms with Gasteiger partial charge in [0.25, 0.3) is 0 Å². The van der Waals surface area contributed by atoms with Crippen molar-refractivity contribution in [2.24, 2.45) is 10.2 Å². The SMILES string of the molecule is [C]1N=Nc2ncccc21. The van der Waals surface area contributed by atoms with Crippen molar-refractivity contribution >= 4 is 5.82 Å². The molecule has 0 amide bonds. The van der Waals surface area contributed by atoms with Crippen LogP contribution in [0.25, 0.3) is 0 Å². The monoisotopic (exact) mass is 117 g/mol. The summed E-state index contributed by atoms with van der Waals surface area (Å²) in [4.78, 5) is 3.94. The molecule has 3 nitrogen and oxygen atoms in total. The van der Waals surface area contributed by atoms with E-state index in [1.807, 2.05) is 12.1 Å². The van der Waals surface area contributed by atoms with Crippen LogP contribution in [0.3, 0.4) is 0 Å². The van der Waals surface area contributed by atoms with Gasteiger partial charge in [-0.15, -0.1) is 5.11 Å². The largest absolute Gasteiger partial charge is 0.235 e. The molecular weight excluding hydrogens is 114 g/mol. The first-order valence-corrected chi connectivity index (χ1v) is 2.58. The molecule has 0 fully saturated rings. The lowest BCUT2D eigenvalue weighted by atomic mass is 10.3. The van der Waals surface area contributed by atoms with Crippen molar-refractivity contribution in [2.45, 2.75) is 0 Å². The maximum Gasteiger partial charge on any atom is 0.179 e. The summed E-state index contributed by atoms with van der Waals surface area (Å²) in [5.41, 5.74) is 0.873. The molecule has 0 atom stereocenters. The molecule has 0 spiro atoms. The average molecular weight is 117 g/mol. The fraction of sp³-hybridized carbons (Fsp3) is 0. The van der Waals surface area contributed by atoms with Gasteiger partial charge in [0, 0.05) is 11.8 Å². The van der Waals surface area contributed by atoms with Gasteiger partial charge in [-0.1, -0.05) is 6.07 Å². The topological polar surface area (TPSA) is 37.6 Å². The van der Waals surface area contributed by atoms with Crippen LogP contribution in [0.1, 0.15) is 5.56 Å². The van der Waals surface area contributed by atoms with Crippen LogP contribution in [0, 0.1) is 6.54 Å². The van der Waals surface area contributed by atoms with E-state index in [-0.39, 0.29) is 0 Å². The Morgan fingerprint density at radius 1 is 1.44 bits per heavy atom. The molecule has 1 aliphatic rings. The van der Waals surface area contributed by atoms with Gasteiger partial charge in [0.05, 0.1) is 0 Å². The number of hydrogen-bond donors (Lipinski definition) is 0. The van der Waals surface area contributed by atoms with Gasteiger partial charge in [0.15, 0.2) is 12.4 Å². The van der Waals surface area contributed by atoms with E-state index in [2.05, 4.69) is 21.8 Å². The van der Waals surface area contributed by atoms with Crippen molar-refractivity contribution in [3.8, 4) is 0 Å². The minimum Gasteiger partial charge on any atom is -0.235 e. The fourth-order valence-electron chi connectivity index (χ4n) is 0.690. The van der Waals surface area contributed by atoms with Crippen LogP contribution in [0.15, 0.2) is 28.6 Å². The molecule has 0 N–H and O–H groups in total. The molecule has 1 aromatic rings. The first-order chi connectivity index (χ1) is 4.47. The van der Waals surface area contributed by atoms with Gasteiger partial charge in [0.1, 0.15) is 0 Å². The molecule has 2 radical (unpaired) electrons. The summed E-state index contributed by atoms with van der Waals surface area (Å²) in [5.74, 6) is 0.664. The minimum atomic E-state index is 0.664. The molecule has 2 rings (SSSR count). The van der Waals surface area contributed by atoms with Crippen LogP contribution < -0.4 is 0 Å². The molecule has 0 aliphatic carbocycles. The van der Waals surface area contributed by atoms with Crippen molar-refractivity contribution in [3.63, 3.8) is 0 Å². The lowest BCUT2D eigenvalue weighted by Gasteiger charge is -1.86. The average Bonchev–Trinajstić information content (AvgIpc) is 2.33. The fourth-order valence-corrected chi connectivity index (χ4v) is 0.690. The highest BCUT2D eigenvalue weighted by Gasteiger charge is 2.07. The number of pyridine rings is 1. The summed E-state index contributed by atoms with van der Waals surface area (Å²) in [6.45, 7) is 2.70. The van der Waals surface area contributed by atoms with Crippen LogP contribution in [0.2, 0.25) is 0 Å². The Bertz CT molecular complexity index is 254. The zero-order valence-electron chi connectivity index (χ0n) is 4.57. The second-order valence-corrected chi connectivity index (χ2v) is 1.69. The van der Waals surface area contributed by atoms with Gasteiger partial charge in [-0.3, -0.25) is 0 Å². The lowest BCUT2D eigenvalue weighted by Crippen LogP contribution is -1.74. The molecule has 3 heteroatoms. The highest BCUT2D eigenvalue weighted by molar-refractivity contribution is 5.44. The Hall–Kier alpha value is -1.25. The number of aromatic nitrogens is 1. The number of azo groups is 1. The van der Waals surface area contributed by atoms with Gasteiger partial charge in [-0.05, 0) is 6.07 Å². The Morgan fingerprint density at radius 2 is 2.44 bits per heavy atom. The van der Waals surface area contributed by atoms with Crippen LogP contribution in [-0.2, 0) is 0 Å². The standard InChI is InChI=1S/C6H3N3/c1-2-5-4-8-9-6(5)7-3-1/h1-3H. The van der Waals surface area contributed by atoms with Crippen LogP contribution in [0.4, 0.5) is 5.82 Å². The first-order valence-electron chi connectivity index (χ1n) is 2.58. The second kappa shape index (κ2) is 1.62. The Kier molecular flexibility index (Phi) is 0.828.